The fourth-order valence-electron chi connectivity index (χ4n) is 6.10. The fraction of sp³-hybridized carbons (Fsp3) is 0.923. The molecule has 0 saturated carbocycles. The standard InChI is InChI=1S/C39H75NO5/c1-3-5-7-9-11-13-14-15-16-17-18-19-20-23-27-31-36(45-39(44)34-30-26-21-12-10-8-6-4-2)32-28-24-22-25-29-33-37(41)40-35-38(42)43/h36H,3-35H2,1-2H3,(H,40,41)(H,42,43). The molecule has 0 fully saturated rings. The summed E-state index contributed by atoms with van der Waals surface area (Å²) in [6, 6.07) is 0. The van der Waals surface area contributed by atoms with Crippen LogP contribution in [-0.2, 0) is 19.1 Å². The molecule has 0 saturated heterocycles. The summed E-state index contributed by atoms with van der Waals surface area (Å²) in [5.74, 6) is -1.22. The van der Waals surface area contributed by atoms with Gasteiger partial charge >= 0.3 is 11.9 Å². The second-order valence-corrected chi connectivity index (χ2v) is 13.6. The number of esters is 1. The number of amides is 1. The summed E-state index contributed by atoms with van der Waals surface area (Å²) < 4.78 is 5.99. The number of unbranched alkanes of at least 4 members (excludes halogenated alkanes) is 25. The minimum atomic E-state index is -1.01. The molecule has 1 amide bonds. The van der Waals surface area contributed by atoms with Crippen molar-refractivity contribution in [1.82, 2.24) is 5.32 Å². The Hall–Kier alpha value is -1.59. The molecule has 0 aliphatic heterocycles. The minimum Gasteiger partial charge on any atom is -0.480 e. The van der Waals surface area contributed by atoms with Crippen LogP contribution in [0.3, 0.4) is 0 Å². The number of rotatable bonds is 36. The Morgan fingerprint density at radius 3 is 1.20 bits per heavy atom. The van der Waals surface area contributed by atoms with Gasteiger partial charge in [-0.2, -0.15) is 0 Å². The normalized spacial score (nSPS) is 11.9. The third-order valence-electron chi connectivity index (χ3n) is 9.03. The lowest BCUT2D eigenvalue weighted by atomic mass is 10.0. The highest BCUT2D eigenvalue weighted by atomic mass is 16.5. The molecule has 0 radical (unpaired) electrons. The first kappa shape index (κ1) is 43.4. The molecule has 1 atom stereocenters. The molecule has 0 aromatic rings. The zero-order valence-electron chi connectivity index (χ0n) is 30.0. The molecule has 0 heterocycles. The van der Waals surface area contributed by atoms with E-state index in [9.17, 15) is 14.4 Å². The molecule has 0 rings (SSSR count). The van der Waals surface area contributed by atoms with Crippen LogP contribution in [-0.4, -0.2) is 35.6 Å². The maximum Gasteiger partial charge on any atom is 0.322 e. The van der Waals surface area contributed by atoms with Gasteiger partial charge in [-0.15, -0.1) is 0 Å². The van der Waals surface area contributed by atoms with Gasteiger partial charge in [-0.05, 0) is 38.5 Å². The lowest BCUT2D eigenvalue weighted by Crippen LogP contribution is -2.28. The quantitative estimate of drug-likeness (QED) is 0.0526. The van der Waals surface area contributed by atoms with E-state index in [1.807, 2.05) is 0 Å². The zero-order valence-corrected chi connectivity index (χ0v) is 30.0. The van der Waals surface area contributed by atoms with Gasteiger partial charge in [-0.1, -0.05) is 168 Å². The van der Waals surface area contributed by atoms with Crippen LogP contribution in [0.2, 0.25) is 0 Å². The number of aliphatic carboxylic acids is 1. The molecule has 6 heteroatoms. The average Bonchev–Trinajstić information content (AvgIpc) is 3.02. The Kier molecular flexibility index (Phi) is 34.0. The second kappa shape index (κ2) is 35.3. The maximum absolute atomic E-state index is 12.6. The summed E-state index contributed by atoms with van der Waals surface area (Å²) in [5, 5.41) is 11.1. The van der Waals surface area contributed by atoms with Gasteiger partial charge in [0.25, 0.3) is 0 Å². The van der Waals surface area contributed by atoms with E-state index in [4.69, 9.17) is 9.84 Å². The monoisotopic (exact) mass is 638 g/mol. The highest BCUT2D eigenvalue weighted by molar-refractivity contribution is 5.80. The summed E-state index contributed by atoms with van der Waals surface area (Å²) >= 11 is 0. The van der Waals surface area contributed by atoms with Gasteiger partial charge in [-0.25, -0.2) is 0 Å². The zero-order chi connectivity index (χ0) is 33.1. The number of carbonyl (C=O) groups excluding carboxylic acids is 2. The third-order valence-corrected chi connectivity index (χ3v) is 9.03. The van der Waals surface area contributed by atoms with Crippen molar-refractivity contribution < 1.29 is 24.2 Å². The predicted molar refractivity (Wildman–Crippen MR) is 190 cm³/mol. The summed E-state index contributed by atoms with van der Waals surface area (Å²) in [7, 11) is 0. The van der Waals surface area contributed by atoms with Crippen LogP contribution >= 0.6 is 0 Å². The van der Waals surface area contributed by atoms with E-state index >= 15 is 0 Å². The van der Waals surface area contributed by atoms with E-state index in [0.29, 0.717) is 12.8 Å². The predicted octanol–water partition coefficient (Wildman–Crippen LogP) is 11.6. The van der Waals surface area contributed by atoms with Crippen LogP contribution in [0.5, 0.6) is 0 Å². The van der Waals surface area contributed by atoms with E-state index in [1.54, 1.807) is 0 Å². The van der Waals surface area contributed by atoms with E-state index in [0.717, 1.165) is 64.2 Å². The van der Waals surface area contributed by atoms with Gasteiger partial charge in [0.1, 0.15) is 12.6 Å². The number of hydrogen-bond donors (Lipinski definition) is 2. The van der Waals surface area contributed by atoms with Crippen molar-refractivity contribution in [2.24, 2.45) is 0 Å². The van der Waals surface area contributed by atoms with Gasteiger partial charge < -0.3 is 15.2 Å². The second-order valence-electron chi connectivity index (χ2n) is 13.6. The van der Waals surface area contributed by atoms with E-state index in [-0.39, 0.29) is 24.5 Å². The maximum atomic E-state index is 12.6. The number of carboxylic acids is 1. The van der Waals surface area contributed by atoms with Crippen LogP contribution in [0.1, 0.15) is 219 Å². The smallest absolute Gasteiger partial charge is 0.322 e. The van der Waals surface area contributed by atoms with Gasteiger partial charge in [-0.3, -0.25) is 14.4 Å². The molecular formula is C39H75NO5. The lowest BCUT2D eigenvalue weighted by Gasteiger charge is -2.18. The number of nitrogens with one attached hydrogen (secondary N) is 1. The number of hydrogen-bond acceptors (Lipinski definition) is 4. The van der Waals surface area contributed by atoms with Crippen LogP contribution in [0.25, 0.3) is 0 Å². The summed E-state index contributed by atoms with van der Waals surface area (Å²) in [6.07, 6.45) is 38.0. The van der Waals surface area contributed by atoms with Gasteiger partial charge in [0, 0.05) is 12.8 Å². The average molecular weight is 638 g/mol. The van der Waals surface area contributed by atoms with Gasteiger partial charge in [0.15, 0.2) is 0 Å². The Morgan fingerprint density at radius 1 is 0.489 bits per heavy atom. The van der Waals surface area contributed by atoms with Crippen molar-refractivity contribution >= 4 is 17.8 Å². The molecule has 0 aromatic heterocycles. The number of ether oxygens (including phenoxy) is 1. The van der Waals surface area contributed by atoms with Crippen molar-refractivity contribution in [3.05, 3.63) is 0 Å². The first-order valence-electron chi connectivity index (χ1n) is 19.7. The van der Waals surface area contributed by atoms with Crippen molar-refractivity contribution in [2.45, 2.75) is 225 Å². The number of carbonyl (C=O) groups is 3. The van der Waals surface area contributed by atoms with Crippen molar-refractivity contribution in [3.63, 3.8) is 0 Å². The molecule has 2 N–H and O–H groups in total. The van der Waals surface area contributed by atoms with Crippen LogP contribution < -0.4 is 5.32 Å². The summed E-state index contributed by atoms with van der Waals surface area (Å²) in [6.45, 7) is 4.22. The molecular weight excluding hydrogens is 562 g/mol. The summed E-state index contributed by atoms with van der Waals surface area (Å²) in [5.41, 5.74) is 0. The highest BCUT2D eigenvalue weighted by Gasteiger charge is 2.14. The van der Waals surface area contributed by atoms with E-state index in [2.05, 4.69) is 19.2 Å². The molecule has 45 heavy (non-hydrogen) atoms. The lowest BCUT2D eigenvalue weighted by molar-refractivity contribution is -0.150. The van der Waals surface area contributed by atoms with Gasteiger partial charge in [0.2, 0.25) is 5.91 Å². The molecule has 266 valence electrons. The number of carboxylic acid groups (broad SMARTS) is 1. The van der Waals surface area contributed by atoms with Crippen LogP contribution in [0.15, 0.2) is 0 Å². The first-order chi connectivity index (χ1) is 22.0. The van der Waals surface area contributed by atoms with Crippen molar-refractivity contribution in [3.8, 4) is 0 Å². The van der Waals surface area contributed by atoms with Crippen molar-refractivity contribution in [1.29, 1.82) is 0 Å². The fourth-order valence-corrected chi connectivity index (χ4v) is 6.10. The molecule has 0 aliphatic carbocycles. The SMILES string of the molecule is CCCCCCCCCCCCCCCCCC(CCCCCCCC(=O)NCC(=O)O)OC(=O)CCCCCCCCCC. The molecule has 0 spiro atoms. The van der Waals surface area contributed by atoms with Crippen molar-refractivity contribution in [2.75, 3.05) is 6.54 Å². The molecule has 6 nitrogen and oxygen atoms in total. The van der Waals surface area contributed by atoms with Crippen LogP contribution in [0, 0.1) is 0 Å². The molecule has 0 bridgehead atoms. The highest BCUT2D eigenvalue weighted by Crippen LogP contribution is 2.19. The first-order valence-corrected chi connectivity index (χ1v) is 19.7. The van der Waals surface area contributed by atoms with Crippen LogP contribution in [0.4, 0.5) is 0 Å². The van der Waals surface area contributed by atoms with E-state index < -0.39 is 5.97 Å². The molecule has 0 aromatic carbocycles. The van der Waals surface area contributed by atoms with E-state index in [1.165, 1.54) is 128 Å². The Morgan fingerprint density at radius 2 is 0.822 bits per heavy atom. The largest absolute Gasteiger partial charge is 0.480 e. The summed E-state index contributed by atoms with van der Waals surface area (Å²) in [4.78, 5) is 34.8. The Bertz CT molecular complexity index is 668. The van der Waals surface area contributed by atoms with Gasteiger partial charge in [0.05, 0.1) is 0 Å². The molecule has 0 aliphatic rings. The minimum absolute atomic E-state index is 0.0145. The third kappa shape index (κ3) is 35.1. The topological polar surface area (TPSA) is 92.7 Å². The Labute approximate surface area is 279 Å². The Balaban J connectivity index is 4.10. The molecule has 1 unspecified atom stereocenters.